The van der Waals surface area contributed by atoms with Gasteiger partial charge in [0.2, 0.25) is 15.9 Å². The van der Waals surface area contributed by atoms with Crippen molar-refractivity contribution in [2.45, 2.75) is 24.3 Å². The SMILES string of the molecule is COCCOc1cccc(CNC(=O)C2CCCN(S(=O)(=O)c3ccccc3)C2)c1. The first-order valence-corrected chi connectivity index (χ1v) is 11.5. The quantitative estimate of drug-likeness (QED) is 0.615. The third-order valence-corrected chi connectivity index (χ3v) is 6.94. The lowest BCUT2D eigenvalue weighted by molar-refractivity contribution is -0.126. The average Bonchev–Trinajstić information content (AvgIpc) is 2.78. The van der Waals surface area contributed by atoms with Gasteiger partial charge in [-0.3, -0.25) is 4.79 Å². The maximum atomic E-state index is 12.9. The molecule has 2 aromatic rings. The highest BCUT2D eigenvalue weighted by Crippen LogP contribution is 2.24. The van der Waals surface area contributed by atoms with Crippen LogP contribution in [-0.4, -0.2) is 52.0 Å². The van der Waals surface area contributed by atoms with E-state index in [4.69, 9.17) is 9.47 Å². The van der Waals surface area contributed by atoms with E-state index in [9.17, 15) is 13.2 Å². The Labute approximate surface area is 178 Å². The topological polar surface area (TPSA) is 84.9 Å². The fourth-order valence-corrected chi connectivity index (χ4v) is 4.98. The number of nitrogens with zero attached hydrogens (tertiary/aromatic N) is 1. The minimum Gasteiger partial charge on any atom is -0.491 e. The number of piperidine rings is 1. The predicted molar refractivity (Wildman–Crippen MR) is 114 cm³/mol. The van der Waals surface area contributed by atoms with Crippen LogP contribution in [-0.2, 0) is 26.1 Å². The molecule has 1 heterocycles. The first-order chi connectivity index (χ1) is 14.5. The summed E-state index contributed by atoms with van der Waals surface area (Å²) in [5.74, 6) is 0.226. The normalized spacial score (nSPS) is 17.4. The van der Waals surface area contributed by atoms with E-state index in [-0.39, 0.29) is 23.3 Å². The summed E-state index contributed by atoms with van der Waals surface area (Å²) in [7, 11) is -1.97. The summed E-state index contributed by atoms with van der Waals surface area (Å²) in [5, 5.41) is 2.93. The number of methoxy groups -OCH3 is 1. The second-order valence-electron chi connectivity index (χ2n) is 7.22. The van der Waals surface area contributed by atoms with Crippen LogP contribution in [0.25, 0.3) is 0 Å². The van der Waals surface area contributed by atoms with Gasteiger partial charge in [0.15, 0.2) is 0 Å². The van der Waals surface area contributed by atoms with Gasteiger partial charge in [-0.2, -0.15) is 4.31 Å². The van der Waals surface area contributed by atoms with Crippen molar-refractivity contribution in [3.05, 3.63) is 60.2 Å². The molecule has 0 spiro atoms. The lowest BCUT2D eigenvalue weighted by Gasteiger charge is -2.31. The zero-order valence-corrected chi connectivity index (χ0v) is 17.9. The third-order valence-electron chi connectivity index (χ3n) is 5.06. The number of amides is 1. The number of carbonyl (C=O) groups is 1. The van der Waals surface area contributed by atoms with Gasteiger partial charge in [-0.1, -0.05) is 30.3 Å². The van der Waals surface area contributed by atoms with Crippen LogP contribution in [0.3, 0.4) is 0 Å². The molecule has 0 radical (unpaired) electrons. The Bertz CT molecular complexity index is 934. The largest absolute Gasteiger partial charge is 0.491 e. The molecule has 1 amide bonds. The van der Waals surface area contributed by atoms with E-state index in [0.717, 1.165) is 11.3 Å². The molecular formula is C22H28N2O5S. The van der Waals surface area contributed by atoms with Crippen LogP contribution in [0, 0.1) is 5.92 Å². The van der Waals surface area contributed by atoms with E-state index in [1.807, 2.05) is 24.3 Å². The van der Waals surface area contributed by atoms with Gasteiger partial charge in [0, 0.05) is 26.7 Å². The number of rotatable bonds is 9. The van der Waals surface area contributed by atoms with Crippen molar-refractivity contribution >= 4 is 15.9 Å². The monoisotopic (exact) mass is 432 g/mol. The van der Waals surface area contributed by atoms with Crippen LogP contribution < -0.4 is 10.1 Å². The van der Waals surface area contributed by atoms with E-state index in [1.54, 1.807) is 37.4 Å². The molecule has 1 N–H and O–H groups in total. The molecule has 1 aliphatic rings. The Balaban J connectivity index is 1.56. The van der Waals surface area contributed by atoms with Crippen molar-refractivity contribution in [1.29, 1.82) is 0 Å². The number of hydrogen-bond donors (Lipinski definition) is 1. The van der Waals surface area contributed by atoms with Crippen molar-refractivity contribution in [3.63, 3.8) is 0 Å². The number of benzene rings is 2. The van der Waals surface area contributed by atoms with Crippen LogP contribution in [0.2, 0.25) is 0 Å². The molecule has 0 saturated carbocycles. The summed E-state index contributed by atoms with van der Waals surface area (Å²) >= 11 is 0. The molecule has 0 aromatic heterocycles. The van der Waals surface area contributed by atoms with E-state index < -0.39 is 10.0 Å². The predicted octanol–water partition coefficient (Wildman–Crippen LogP) is 2.43. The van der Waals surface area contributed by atoms with Gasteiger partial charge in [0.05, 0.1) is 17.4 Å². The number of nitrogens with one attached hydrogen (secondary N) is 1. The first-order valence-electron chi connectivity index (χ1n) is 10.0. The van der Waals surface area contributed by atoms with E-state index in [1.165, 1.54) is 4.31 Å². The Morgan fingerprint density at radius 3 is 2.70 bits per heavy atom. The number of ether oxygens (including phenoxy) is 2. The molecule has 30 heavy (non-hydrogen) atoms. The molecule has 1 fully saturated rings. The Morgan fingerprint density at radius 1 is 1.13 bits per heavy atom. The molecule has 0 aliphatic carbocycles. The number of hydrogen-bond acceptors (Lipinski definition) is 5. The summed E-state index contributed by atoms with van der Waals surface area (Å²) in [6.45, 7) is 1.96. The number of carbonyl (C=O) groups excluding carboxylic acids is 1. The summed E-state index contributed by atoms with van der Waals surface area (Å²) in [5.41, 5.74) is 0.919. The molecule has 0 bridgehead atoms. The van der Waals surface area contributed by atoms with Gasteiger partial charge in [-0.15, -0.1) is 0 Å². The summed E-state index contributed by atoms with van der Waals surface area (Å²) in [6, 6.07) is 15.9. The van der Waals surface area contributed by atoms with Crippen molar-refractivity contribution < 1.29 is 22.7 Å². The molecule has 3 rings (SSSR count). The molecular weight excluding hydrogens is 404 g/mol. The molecule has 1 aliphatic heterocycles. The highest BCUT2D eigenvalue weighted by molar-refractivity contribution is 7.89. The minimum absolute atomic E-state index is 0.131. The zero-order valence-electron chi connectivity index (χ0n) is 17.1. The fraction of sp³-hybridized carbons (Fsp3) is 0.409. The minimum atomic E-state index is -3.59. The average molecular weight is 433 g/mol. The van der Waals surface area contributed by atoms with E-state index in [2.05, 4.69) is 5.32 Å². The lowest BCUT2D eigenvalue weighted by Crippen LogP contribution is -2.45. The van der Waals surface area contributed by atoms with Crippen molar-refractivity contribution in [2.24, 2.45) is 5.92 Å². The van der Waals surface area contributed by atoms with Crippen molar-refractivity contribution in [1.82, 2.24) is 9.62 Å². The lowest BCUT2D eigenvalue weighted by atomic mass is 9.99. The van der Waals surface area contributed by atoms with Crippen LogP contribution in [0.4, 0.5) is 0 Å². The van der Waals surface area contributed by atoms with Crippen molar-refractivity contribution in [3.8, 4) is 5.75 Å². The molecule has 8 heteroatoms. The van der Waals surface area contributed by atoms with Gasteiger partial charge in [0.25, 0.3) is 0 Å². The van der Waals surface area contributed by atoms with Crippen molar-refractivity contribution in [2.75, 3.05) is 33.4 Å². The third kappa shape index (κ3) is 5.81. The zero-order chi connectivity index (χ0) is 21.4. The Kier molecular flexibility index (Phi) is 7.84. The smallest absolute Gasteiger partial charge is 0.243 e. The van der Waals surface area contributed by atoms with Gasteiger partial charge in [-0.25, -0.2) is 8.42 Å². The van der Waals surface area contributed by atoms with Crippen LogP contribution in [0.5, 0.6) is 5.75 Å². The summed E-state index contributed by atoms with van der Waals surface area (Å²) in [6.07, 6.45) is 1.33. The second-order valence-corrected chi connectivity index (χ2v) is 9.16. The molecule has 2 aromatic carbocycles. The van der Waals surface area contributed by atoms with Crippen LogP contribution >= 0.6 is 0 Å². The summed E-state index contributed by atoms with van der Waals surface area (Å²) < 4.78 is 37.7. The Hall–Kier alpha value is -2.42. The van der Waals surface area contributed by atoms with E-state index >= 15 is 0 Å². The second kappa shape index (κ2) is 10.6. The summed E-state index contributed by atoms with van der Waals surface area (Å²) in [4.78, 5) is 13.0. The molecule has 1 unspecified atom stereocenters. The van der Waals surface area contributed by atoms with Gasteiger partial charge < -0.3 is 14.8 Å². The van der Waals surface area contributed by atoms with Gasteiger partial charge >= 0.3 is 0 Å². The fourth-order valence-electron chi connectivity index (χ4n) is 3.44. The molecule has 1 atom stereocenters. The van der Waals surface area contributed by atoms with E-state index in [0.29, 0.717) is 39.1 Å². The number of sulfonamides is 1. The Morgan fingerprint density at radius 2 is 1.93 bits per heavy atom. The molecule has 162 valence electrons. The maximum absolute atomic E-state index is 12.9. The van der Waals surface area contributed by atoms with Crippen LogP contribution in [0.15, 0.2) is 59.5 Å². The maximum Gasteiger partial charge on any atom is 0.243 e. The van der Waals surface area contributed by atoms with Gasteiger partial charge in [0.1, 0.15) is 12.4 Å². The molecule has 1 saturated heterocycles. The molecule has 7 nitrogen and oxygen atoms in total. The van der Waals surface area contributed by atoms with Gasteiger partial charge in [-0.05, 0) is 42.7 Å². The highest BCUT2D eigenvalue weighted by atomic mass is 32.2. The van der Waals surface area contributed by atoms with Crippen LogP contribution in [0.1, 0.15) is 18.4 Å². The standard InChI is InChI=1S/C22H28N2O5S/c1-28-13-14-29-20-9-5-7-18(15-20)16-23-22(25)19-8-6-12-24(17-19)30(26,27)21-10-3-2-4-11-21/h2-5,7,9-11,15,19H,6,8,12-14,16-17H2,1H3,(H,23,25). The highest BCUT2D eigenvalue weighted by Gasteiger charge is 2.33. The first kappa shape index (κ1) is 22.3.